The van der Waals surface area contributed by atoms with Crippen LogP contribution in [0.1, 0.15) is 92.7 Å². The van der Waals surface area contributed by atoms with Crippen molar-refractivity contribution in [2.45, 2.75) is 92.8 Å². The lowest BCUT2D eigenvalue weighted by atomic mass is 9.88. The van der Waals surface area contributed by atoms with Crippen LogP contribution < -0.4 is 0 Å². The number of carbonyl (C=O) groups is 8. The molecule has 0 bridgehead atoms. The second-order valence-corrected chi connectivity index (χ2v) is 15.2. The molecule has 2 aliphatic heterocycles. The molecule has 0 spiro atoms. The quantitative estimate of drug-likeness (QED) is 0.0911. The molecular weight excluding hydrogens is 802 g/mol. The Labute approximate surface area is 353 Å². The average Bonchev–Trinajstić information content (AvgIpc) is 3.17. The molecule has 2 saturated heterocycles. The number of rotatable bonds is 7. The fraction of sp³-hybridized carbons (Fsp3) is 0.455. The highest BCUT2D eigenvalue weighted by molar-refractivity contribution is 6.39. The van der Waals surface area contributed by atoms with Crippen molar-refractivity contribution >= 4 is 59.6 Å². The fourth-order valence-corrected chi connectivity index (χ4v) is 5.35. The molecule has 332 valence electrons. The number of halogens is 2. The van der Waals surface area contributed by atoms with Crippen LogP contribution in [0.25, 0.3) is 12.2 Å². The van der Waals surface area contributed by atoms with E-state index >= 15 is 0 Å². The van der Waals surface area contributed by atoms with Crippen LogP contribution in [0.2, 0.25) is 0 Å². The van der Waals surface area contributed by atoms with E-state index in [2.05, 4.69) is 9.47 Å². The maximum absolute atomic E-state index is 13.2. The molecule has 0 N–H and O–H groups in total. The van der Waals surface area contributed by atoms with Gasteiger partial charge < -0.3 is 23.7 Å². The van der Waals surface area contributed by atoms with Gasteiger partial charge in [-0.1, -0.05) is 24.3 Å². The third-order valence-corrected chi connectivity index (χ3v) is 7.95. The van der Waals surface area contributed by atoms with Gasteiger partial charge in [0.25, 0.3) is 5.78 Å². The number of ether oxygens (including phenoxy) is 5. The first-order valence-electron chi connectivity index (χ1n) is 19.6. The summed E-state index contributed by atoms with van der Waals surface area (Å²) in [5.41, 5.74) is -0.100. The normalized spacial score (nSPS) is 16.6. The number of ketones is 3. The molecule has 2 aliphatic rings. The minimum absolute atomic E-state index is 0.00347. The molecule has 1 unspecified atom stereocenters. The Kier molecular flexibility index (Phi) is 19.6. The summed E-state index contributed by atoms with van der Waals surface area (Å²) >= 11 is 0. The highest BCUT2D eigenvalue weighted by Crippen LogP contribution is 2.28. The molecule has 2 amide bonds. The zero-order valence-electron chi connectivity index (χ0n) is 36.0. The van der Waals surface area contributed by atoms with Crippen molar-refractivity contribution in [2.24, 2.45) is 5.92 Å². The van der Waals surface area contributed by atoms with Crippen molar-refractivity contribution in [2.75, 3.05) is 32.9 Å². The molecule has 2 aromatic carbocycles. The van der Waals surface area contributed by atoms with Gasteiger partial charge in [0.2, 0.25) is 0 Å². The van der Waals surface area contributed by atoms with E-state index in [0.29, 0.717) is 36.2 Å². The SMILES string of the molecule is CC(C)(C)OC(=O)N1CCCC(=O)/C1=C/c1ccc(F)cc1.CCOC(=O)C(=O)C1CCN(C(=O)OC(C)(C)C)/C(=C\c2ccc(F)cc2)C1=O.CCOC(=O)C(=O)OCC. The summed E-state index contributed by atoms with van der Waals surface area (Å²) < 4.78 is 50.2. The zero-order valence-corrected chi connectivity index (χ0v) is 36.0. The Balaban J connectivity index is 0.000000352. The van der Waals surface area contributed by atoms with E-state index in [4.69, 9.17) is 14.2 Å². The number of amides is 2. The number of hydrogen-bond donors (Lipinski definition) is 0. The maximum Gasteiger partial charge on any atom is 0.417 e. The van der Waals surface area contributed by atoms with Gasteiger partial charge in [0.1, 0.15) is 22.8 Å². The van der Waals surface area contributed by atoms with Crippen molar-refractivity contribution in [1.29, 1.82) is 0 Å². The first-order chi connectivity index (χ1) is 28.5. The largest absolute Gasteiger partial charge is 0.460 e. The molecule has 2 fully saturated rings. The molecule has 1 atom stereocenters. The van der Waals surface area contributed by atoms with Gasteiger partial charge in [-0.15, -0.1) is 0 Å². The van der Waals surface area contributed by atoms with Gasteiger partial charge in [-0.05, 0) is 123 Å². The van der Waals surface area contributed by atoms with E-state index in [-0.39, 0.29) is 50.1 Å². The summed E-state index contributed by atoms with van der Waals surface area (Å²) in [7, 11) is 0. The number of nitrogens with zero attached hydrogens (tertiary/aromatic N) is 2. The lowest BCUT2D eigenvalue weighted by molar-refractivity contribution is -0.167. The third-order valence-electron chi connectivity index (χ3n) is 7.95. The molecule has 0 aromatic heterocycles. The predicted octanol–water partition coefficient (Wildman–Crippen LogP) is 7.00. The van der Waals surface area contributed by atoms with Gasteiger partial charge in [-0.3, -0.25) is 24.2 Å². The lowest BCUT2D eigenvalue weighted by Gasteiger charge is -2.33. The Morgan fingerprint density at radius 3 is 1.43 bits per heavy atom. The predicted molar refractivity (Wildman–Crippen MR) is 217 cm³/mol. The van der Waals surface area contributed by atoms with Crippen LogP contribution >= 0.6 is 0 Å². The Hall–Kier alpha value is -6.26. The van der Waals surface area contributed by atoms with Gasteiger partial charge >= 0.3 is 30.1 Å². The number of benzene rings is 2. The van der Waals surface area contributed by atoms with Gasteiger partial charge in [0.15, 0.2) is 11.6 Å². The van der Waals surface area contributed by atoms with Gasteiger partial charge in [-0.2, -0.15) is 0 Å². The van der Waals surface area contributed by atoms with E-state index in [9.17, 15) is 47.1 Å². The Morgan fingerprint density at radius 2 is 1.02 bits per heavy atom. The first kappa shape index (κ1) is 50.9. The molecule has 4 rings (SSSR count). The topological polar surface area (TPSA) is 189 Å². The zero-order chi connectivity index (χ0) is 46.1. The molecule has 61 heavy (non-hydrogen) atoms. The molecule has 0 aliphatic carbocycles. The molecule has 0 radical (unpaired) electrons. The van der Waals surface area contributed by atoms with Gasteiger partial charge in [0.05, 0.1) is 37.1 Å². The highest BCUT2D eigenvalue weighted by atomic mass is 19.1. The average molecular weight is 857 g/mol. The number of carbonyl (C=O) groups excluding carboxylic acids is 8. The number of Topliss-reactive ketones (excluding diaryl/α,β-unsaturated/α-hetero) is 3. The first-order valence-corrected chi connectivity index (χ1v) is 19.6. The minimum atomic E-state index is -1.25. The molecule has 2 aromatic rings. The molecule has 15 nitrogen and oxygen atoms in total. The fourth-order valence-electron chi connectivity index (χ4n) is 5.35. The summed E-state index contributed by atoms with van der Waals surface area (Å²) in [6.45, 7) is 16.0. The van der Waals surface area contributed by atoms with E-state index in [1.807, 2.05) is 0 Å². The molecule has 17 heteroatoms. The van der Waals surface area contributed by atoms with Gasteiger partial charge in [0, 0.05) is 19.5 Å². The second-order valence-electron chi connectivity index (χ2n) is 15.2. The summed E-state index contributed by atoms with van der Waals surface area (Å²) in [6, 6.07) is 11.0. The number of piperidine rings is 2. The number of allylic oxidation sites excluding steroid dienone is 2. The van der Waals surface area contributed by atoms with E-state index < -0.39 is 64.6 Å². The molecule has 0 saturated carbocycles. The van der Waals surface area contributed by atoms with Crippen molar-refractivity contribution in [3.8, 4) is 0 Å². The van der Waals surface area contributed by atoms with Crippen LogP contribution in [0.15, 0.2) is 59.9 Å². The number of esters is 3. The van der Waals surface area contributed by atoms with Crippen LogP contribution in [-0.2, 0) is 52.5 Å². The van der Waals surface area contributed by atoms with Crippen molar-refractivity contribution in [3.63, 3.8) is 0 Å². The lowest BCUT2D eigenvalue weighted by Crippen LogP contribution is -2.47. The molecule has 2 heterocycles. The Morgan fingerprint density at radius 1 is 0.623 bits per heavy atom. The van der Waals surface area contributed by atoms with Crippen LogP contribution in [-0.4, -0.2) is 101 Å². The highest BCUT2D eigenvalue weighted by Gasteiger charge is 2.42. The standard InChI is InChI=1S/C21H24FNO6.C17H20FNO3.C6H10O4/c1-5-28-19(26)18(25)15-10-11-23(20(27)29-21(2,3)4)16(17(15)24)12-13-6-8-14(22)9-7-13;1-17(2,3)22-16(21)19-10-4-5-15(20)14(19)11-12-6-8-13(18)9-7-12;1-3-9-5(7)6(8)10-4-2/h6-9,12,15H,5,10-11H2,1-4H3;6-9,11H,4-5,10H2,1-3H3;3-4H2,1-2H3/b16-12-;14-11-;. The smallest absolute Gasteiger partial charge is 0.417 e. The second kappa shape index (κ2) is 23.5. The van der Waals surface area contributed by atoms with E-state index in [1.165, 1.54) is 47.4 Å². The van der Waals surface area contributed by atoms with Gasteiger partial charge in [-0.25, -0.2) is 32.8 Å². The summed E-state index contributed by atoms with van der Waals surface area (Å²) in [6.07, 6.45) is 2.66. The van der Waals surface area contributed by atoms with Crippen LogP contribution in [0.4, 0.5) is 18.4 Å². The summed E-state index contributed by atoms with van der Waals surface area (Å²) in [4.78, 5) is 97.5. The van der Waals surface area contributed by atoms with Crippen molar-refractivity contribution < 1.29 is 70.8 Å². The van der Waals surface area contributed by atoms with E-state index in [1.54, 1.807) is 80.5 Å². The van der Waals surface area contributed by atoms with E-state index in [0.717, 1.165) is 4.90 Å². The van der Waals surface area contributed by atoms with Crippen LogP contribution in [0.5, 0.6) is 0 Å². The monoisotopic (exact) mass is 856 g/mol. The Bertz CT molecular complexity index is 1950. The minimum Gasteiger partial charge on any atom is -0.460 e. The summed E-state index contributed by atoms with van der Waals surface area (Å²) in [5, 5.41) is 0. The summed E-state index contributed by atoms with van der Waals surface area (Å²) in [5.74, 6) is -6.75. The third kappa shape index (κ3) is 17.1. The van der Waals surface area contributed by atoms with Crippen molar-refractivity contribution in [1.82, 2.24) is 9.80 Å². The van der Waals surface area contributed by atoms with Crippen molar-refractivity contribution in [3.05, 3.63) is 82.7 Å². The number of hydrogen-bond acceptors (Lipinski definition) is 13. The van der Waals surface area contributed by atoms with Crippen LogP contribution in [0.3, 0.4) is 0 Å². The van der Waals surface area contributed by atoms with Crippen LogP contribution in [0, 0.1) is 17.6 Å². The number of likely N-dealkylation sites (tertiary alicyclic amines) is 2. The maximum atomic E-state index is 13.2. The molecular formula is C44H54F2N2O13.